The van der Waals surface area contributed by atoms with Crippen molar-refractivity contribution >= 4 is 5.78 Å². The number of hydrogen-bond donors (Lipinski definition) is 0. The number of aryl methyl sites for hydroxylation is 1. The Labute approximate surface area is 106 Å². The second-order valence-corrected chi connectivity index (χ2v) is 5.39. The van der Waals surface area contributed by atoms with Crippen LogP contribution in [0.15, 0.2) is 30.3 Å². The predicted molar refractivity (Wildman–Crippen MR) is 75.1 cm³/mol. The van der Waals surface area contributed by atoms with E-state index in [2.05, 4.69) is 46.8 Å². The fraction of sp³-hybridized carbons (Fsp3) is 0.562. The molecule has 1 aromatic carbocycles. The Bertz CT molecular complexity index is 287. The maximum Gasteiger partial charge on any atom is 0.133 e. The molecule has 0 saturated carbocycles. The molecule has 0 fully saturated rings. The molecule has 0 unspecified atom stereocenters. The minimum absolute atomic E-state index is 0.407. The SMILES string of the molecule is CC(C)CC(=O)CC(C)C.Cc1ccccc1. The first-order chi connectivity index (χ1) is 7.91. The molecule has 0 aliphatic heterocycles. The molecule has 0 saturated heterocycles. The molecule has 0 amide bonds. The van der Waals surface area contributed by atoms with Crippen LogP contribution >= 0.6 is 0 Å². The van der Waals surface area contributed by atoms with Crippen molar-refractivity contribution in [2.75, 3.05) is 0 Å². The Morgan fingerprint density at radius 3 is 1.59 bits per heavy atom. The van der Waals surface area contributed by atoms with Gasteiger partial charge in [-0.2, -0.15) is 0 Å². The molecule has 0 spiro atoms. The minimum atomic E-state index is 0.407. The Morgan fingerprint density at radius 2 is 1.35 bits per heavy atom. The van der Waals surface area contributed by atoms with E-state index in [-0.39, 0.29) is 0 Å². The first kappa shape index (κ1) is 15.9. The van der Waals surface area contributed by atoms with Crippen LogP contribution in [0, 0.1) is 18.8 Å². The normalized spacial score (nSPS) is 10.1. The molecule has 0 N–H and O–H groups in total. The number of Topliss-reactive ketones (excluding diaryl/α,β-unsaturated/α-hetero) is 1. The molecular weight excluding hydrogens is 208 g/mol. The van der Waals surface area contributed by atoms with Gasteiger partial charge in [0.1, 0.15) is 5.78 Å². The molecule has 0 aliphatic rings. The van der Waals surface area contributed by atoms with E-state index >= 15 is 0 Å². The van der Waals surface area contributed by atoms with Gasteiger partial charge >= 0.3 is 0 Å². The third-order valence-corrected chi connectivity index (χ3v) is 2.21. The smallest absolute Gasteiger partial charge is 0.133 e. The molecule has 1 aromatic rings. The summed E-state index contributed by atoms with van der Waals surface area (Å²) in [4.78, 5) is 11.1. The van der Waals surface area contributed by atoms with Crippen molar-refractivity contribution < 1.29 is 4.79 Å². The lowest BCUT2D eigenvalue weighted by molar-refractivity contribution is -0.120. The first-order valence-electron chi connectivity index (χ1n) is 6.45. The van der Waals surface area contributed by atoms with E-state index in [1.807, 2.05) is 18.2 Å². The quantitative estimate of drug-likeness (QED) is 0.741. The lowest BCUT2D eigenvalue weighted by atomic mass is 10.00. The van der Waals surface area contributed by atoms with Gasteiger partial charge in [-0.1, -0.05) is 63.6 Å². The maximum absolute atomic E-state index is 11.1. The van der Waals surface area contributed by atoms with Crippen LogP contribution in [0.1, 0.15) is 46.1 Å². The van der Waals surface area contributed by atoms with Crippen LogP contribution in [0.4, 0.5) is 0 Å². The zero-order valence-electron chi connectivity index (χ0n) is 11.9. The van der Waals surface area contributed by atoms with Crippen LogP contribution in [0.5, 0.6) is 0 Å². The number of carbonyl (C=O) groups excluding carboxylic acids is 1. The average molecular weight is 234 g/mol. The van der Waals surface area contributed by atoms with Crippen molar-refractivity contribution in [3.8, 4) is 0 Å². The van der Waals surface area contributed by atoms with E-state index < -0.39 is 0 Å². The Hall–Kier alpha value is -1.11. The topological polar surface area (TPSA) is 17.1 Å². The van der Waals surface area contributed by atoms with Gasteiger partial charge in [0.2, 0.25) is 0 Å². The van der Waals surface area contributed by atoms with E-state index in [0.717, 1.165) is 12.8 Å². The van der Waals surface area contributed by atoms with Gasteiger partial charge < -0.3 is 0 Å². The Balaban J connectivity index is 0.000000318. The second kappa shape index (κ2) is 8.98. The highest BCUT2D eigenvalue weighted by atomic mass is 16.1. The predicted octanol–water partition coefficient (Wildman–Crippen LogP) is 4.64. The lowest BCUT2D eigenvalue weighted by Gasteiger charge is -2.05. The van der Waals surface area contributed by atoms with Gasteiger partial charge in [0, 0.05) is 12.8 Å². The molecule has 1 nitrogen and oxygen atoms in total. The summed E-state index contributed by atoms with van der Waals surface area (Å²) in [6.07, 6.45) is 1.50. The van der Waals surface area contributed by atoms with Crippen LogP contribution in [0.25, 0.3) is 0 Å². The van der Waals surface area contributed by atoms with Crippen molar-refractivity contribution in [3.05, 3.63) is 35.9 Å². The molecule has 0 atom stereocenters. The van der Waals surface area contributed by atoms with Gasteiger partial charge in [-0.15, -0.1) is 0 Å². The maximum atomic E-state index is 11.1. The molecule has 0 bridgehead atoms. The van der Waals surface area contributed by atoms with Crippen LogP contribution in [0.3, 0.4) is 0 Å². The van der Waals surface area contributed by atoms with Crippen molar-refractivity contribution in [2.24, 2.45) is 11.8 Å². The summed E-state index contributed by atoms with van der Waals surface area (Å²) >= 11 is 0. The van der Waals surface area contributed by atoms with E-state index in [4.69, 9.17) is 0 Å². The van der Waals surface area contributed by atoms with Gasteiger partial charge in [-0.25, -0.2) is 0 Å². The zero-order valence-corrected chi connectivity index (χ0v) is 11.9. The molecule has 0 heterocycles. The lowest BCUT2D eigenvalue weighted by Crippen LogP contribution is -2.05. The molecule has 1 heteroatoms. The van der Waals surface area contributed by atoms with Crippen molar-refractivity contribution in [2.45, 2.75) is 47.5 Å². The summed E-state index contributed by atoms with van der Waals surface area (Å²) in [6.45, 7) is 10.4. The van der Waals surface area contributed by atoms with Crippen molar-refractivity contribution in [1.29, 1.82) is 0 Å². The van der Waals surface area contributed by atoms with Crippen LogP contribution in [0.2, 0.25) is 0 Å². The van der Waals surface area contributed by atoms with Crippen molar-refractivity contribution in [1.82, 2.24) is 0 Å². The average Bonchev–Trinajstić information content (AvgIpc) is 2.16. The summed E-state index contributed by atoms with van der Waals surface area (Å²) in [5, 5.41) is 0. The van der Waals surface area contributed by atoms with E-state index in [0.29, 0.717) is 17.6 Å². The van der Waals surface area contributed by atoms with E-state index in [9.17, 15) is 4.79 Å². The fourth-order valence-corrected chi connectivity index (χ4v) is 1.53. The molecule has 0 radical (unpaired) electrons. The third-order valence-electron chi connectivity index (χ3n) is 2.21. The first-order valence-corrected chi connectivity index (χ1v) is 6.45. The fourth-order valence-electron chi connectivity index (χ4n) is 1.53. The van der Waals surface area contributed by atoms with Crippen LogP contribution < -0.4 is 0 Å². The molecule has 1 rings (SSSR count). The van der Waals surface area contributed by atoms with Gasteiger partial charge in [0.05, 0.1) is 0 Å². The molecule has 96 valence electrons. The zero-order chi connectivity index (χ0) is 13.3. The Kier molecular flexibility index (Phi) is 8.39. The van der Waals surface area contributed by atoms with Gasteiger partial charge in [-0.05, 0) is 18.8 Å². The van der Waals surface area contributed by atoms with Gasteiger partial charge in [-0.3, -0.25) is 4.79 Å². The summed E-state index contributed by atoms with van der Waals surface area (Å²) in [5.74, 6) is 1.45. The number of benzene rings is 1. The highest BCUT2D eigenvalue weighted by molar-refractivity contribution is 5.78. The third kappa shape index (κ3) is 11.2. The second-order valence-electron chi connectivity index (χ2n) is 5.39. The number of ketones is 1. The number of hydrogen-bond acceptors (Lipinski definition) is 1. The molecular formula is C16H26O. The van der Waals surface area contributed by atoms with Crippen LogP contribution in [-0.4, -0.2) is 5.78 Å². The molecule has 17 heavy (non-hydrogen) atoms. The number of carbonyl (C=O) groups is 1. The van der Waals surface area contributed by atoms with Gasteiger partial charge in [0.15, 0.2) is 0 Å². The van der Waals surface area contributed by atoms with E-state index in [1.54, 1.807) is 0 Å². The monoisotopic (exact) mass is 234 g/mol. The highest BCUT2D eigenvalue weighted by Gasteiger charge is 2.06. The summed E-state index contributed by atoms with van der Waals surface area (Å²) in [7, 11) is 0. The highest BCUT2D eigenvalue weighted by Crippen LogP contribution is 2.07. The van der Waals surface area contributed by atoms with E-state index in [1.165, 1.54) is 5.56 Å². The Morgan fingerprint density at radius 1 is 0.941 bits per heavy atom. The van der Waals surface area contributed by atoms with Gasteiger partial charge in [0.25, 0.3) is 0 Å². The minimum Gasteiger partial charge on any atom is -0.300 e. The summed E-state index contributed by atoms with van der Waals surface area (Å²) in [5.41, 5.74) is 1.32. The standard InChI is InChI=1S/C9H18O.C7H8/c1-7(2)5-9(10)6-8(3)4;1-7-5-3-2-4-6-7/h7-8H,5-6H2,1-4H3;2-6H,1H3. The molecule has 0 aromatic heterocycles. The summed E-state index contributed by atoms with van der Waals surface area (Å²) in [6, 6.07) is 10.3. The molecule has 0 aliphatic carbocycles. The largest absolute Gasteiger partial charge is 0.300 e. The van der Waals surface area contributed by atoms with Crippen LogP contribution in [-0.2, 0) is 4.79 Å². The van der Waals surface area contributed by atoms with Crippen molar-refractivity contribution in [3.63, 3.8) is 0 Å². The summed E-state index contributed by atoms with van der Waals surface area (Å²) < 4.78 is 0. The number of rotatable bonds is 4.